The van der Waals surface area contributed by atoms with Crippen molar-refractivity contribution in [1.82, 2.24) is 19.5 Å². The maximum absolute atomic E-state index is 6.21. The third-order valence-corrected chi connectivity index (χ3v) is 11.7. The average molecular weight is 911 g/mol. The zero-order valence-corrected chi connectivity index (χ0v) is 35.1. The van der Waals surface area contributed by atoms with Crippen molar-refractivity contribution < 1.29 is 24.5 Å². The molecule has 7 heteroatoms. The van der Waals surface area contributed by atoms with Crippen molar-refractivity contribution in [1.29, 1.82) is 0 Å². The van der Waals surface area contributed by atoms with E-state index in [0.29, 0.717) is 11.6 Å². The van der Waals surface area contributed by atoms with E-state index < -0.39 is 8.07 Å². The summed E-state index contributed by atoms with van der Waals surface area (Å²) in [5.41, 5.74) is 11.1. The Balaban J connectivity index is 0.000000191. The molecule has 5 aromatic carbocycles. The number of hydrogen-bond acceptors (Lipinski definition) is 4. The molecule has 0 bridgehead atoms. The minimum absolute atomic E-state index is 0. The fraction of sp³-hybridized carbons (Fsp3) is 0.146. The molecule has 275 valence electrons. The molecule has 0 saturated heterocycles. The Morgan fingerprint density at radius 1 is 0.727 bits per heavy atom. The van der Waals surface area contributed by atoms with Gasteiger partial charge in [-0.1, -0.05) is 111 Å². The van der Waals surface area contributed by atoms with Gasteiger partial charge in [-0.05, 0) is 70.7 Å². The van der Waals surface area contributed by atoms with Crippen LogP contribution in [0, 0.1) is 18.1 Å². The van der Waals surface area contributed by atoms with E-state index in [9.17, 15) is 0 Å². The van der Waals surface area contributed by atoms with Gasteiger partial charge in [0.05, 0.1) is 30.5 Å². The van der Waals surface area contributed by atoms with Crippen LogP contribution < -0.4 is 5.19 Å². The Bertz CT molecular complexity index is 2700. The molecule has 0 unspecified atom stereocenters. The second-order valence-corrected chi connectivity index (χ2v) is 20.1. The van der Waals surface area contributed by atoms with Crippen molar-refractivity contribution >= 4 is 46.4 Å². The molecule has 0 aliphatic rings. The van der Waals surface area contributed by atoms with Crippen LogP contribution in [0.4, 0.5) is 0 Å². The molecule has 0 aliphatic carbocycles. The molecule has 0 amide bonds. The van der Waals surface area contributed by atoms with Crippen LogP contribution in [0.15, 0.2) is 150 Å². The maximum Gasteiger partial charge on any atom is 0.216 e. The molecule has 5 nitrogen and oxygen atoms in total. The van der Waals surface area contributed by atoms with Gasteiger partial charge in [-0.3, -0.25) is 4.98 Å². The van der Waals surface area contributed by atoms with Gasteiger partial charge in [-0.25, -0.2) is 4.98 Å². The SMILES string of the molecule is CC(C)Cc1cc(-c2[c-]cccc2)ncc1[Si](C)(C)C.[Ir].[c-]1ccc2c(oc3ncccc32)c1-c1nc2ccccc2n1-c1ccc(-c2ccccc2)cc1. The van der Waals surface area contributed by atoms with E-state index >= 15 is 0 Å². The molecule has 1 radical (unpaired) electrons. The fourth-order valence-corrected chi connectivity index (χ4v) is 8.70. The van der Waals surface area contributed by atoms with Crippen LogP contribution in [0.2, 0.25) is 19.6 Å². The van der Waals surface area contributed by atoms with E-state index in [2.05, 4.69) is 133 Å². The Morgan fingerprint density at radius 3 is 2.22 bits per heavy atom. The van der Waals surface area contributed by atoms with E-state index in [4.69, 9.17) is 9.40 Å². The van der Waals surface area contributed by atoms with Crippen molar-refractivity contribution in [3.63, 3.8) is 0 Å². The second-order valence-electron chi connectivity index (χ2n) is 15.1. The average Bonchev–Trinajstić information content (AvgIpc) is 3.77. The molecule has 0 atom stereocenters. The van der Waals surface area contributed by atoms with Crippen LogP contribution >= 0.6 is 0 Å². The summed E-state index contributed by atoms with van der Waals surface area (Å²) in [5, 5.41) is 3.49. The molecule has 0 N–H and O–H groups in total. The topological polar surface area (TPSA) is 56.7 Å². The minimum atomic E-state index is -1.34. The zero-order chi connectivity index (χ0) is 37.2. The Labute approximate surface area is 337 Å². The third kappa shape index (κ3) is 7.87. The number of aromatic nitrogens is 4. The van der Waals surface area contributed by atoms with Gasteiger partial charge in [0.2, 0.25) is 5.71 Å². The van der Waals surface area contributed by atoms with Crippen LogP contribution in [0.5, 0.6) is 0 Å². The maximum atomic E-state index is 6.21. The number of pyridine rings is 2. The van der Waals surface area contributed by atoms with Gasteiger partial charge in [-0.2, -0.15) is 0 Å². The molecule has 55 heavy (non-hydrogen) atoms. The summed E-state index contributed by atoms with van der Waals surface area (Å²) in [6.45, 7) is 11.7. The fourth-order valence-electron chi connectivity index (χ4n) is 7.11. The minimum Gasteiger partial charge on any atom is -0.486 e. The van der Waals surface area contributed by atoms with Crippen LogP contribution in [0.25, 0.3) is 72.6 Å². The molecule has 9 rings (SSSR count). The van der Waals surface area contributed by atoms with Gasteiger partial charge in [-0.15, -0.1) is 54.1 Å². The van der Waals surface area contributed by atoms with Crippen LogP contribution in [-0.4, -0.2) is 27.6 Å². The molecule has 0 aliphatic heterocycles. The van der Waals surface area contributed by atoms with Crippen molar-refractivity contribution in [2.75, 3.05) is 0 Å². The largest absolute Gasteiger partial charge is 0.486 e. The summed E-state index contributed by atoms with van der Waals surface area (Å²) in [6, 6.07) is 52.1. The molecule has 0 spiro atoms. The Kier molecular flexibility index (Phi) is 11.1. The van der Waals surface area contributed by atoms with Crippen LogP contribution in [0.1, 0.15) is 19.4 Å². The van der Waals surface area contributed by atoms with Gasteiger partial charge < -0.3 is 14.0 Å². The number of para-hydroxylation sites is 2. The monoisotopic (exact) mass is 911 g/mol. The zero-order valence-electron chi connectivity index (χ0n) is 31.7. The number of fused-ring (bicyclic) bond motifs is 4. The van der Waals surface area contributed by atoms with E-state index in [0.717, 1.165) is 62.1 Å². The summed E-state index contributed by atoms with van der Waals surface area (Å²) >= 11 is 0. The standard InChI is InChI=1S/C30H18N3O.C18H24NSi.Ir/c1-2-8-20(9-3-1)21-15-17-22(18-16-21)33-27-14-5-4-13-26(27)32-29(33)25-11-6-10-23-24-12-7-19-31-30(24)34-28(23)25;1-14(2)11-16-12-17(15-9-7-6-8-10-15)19-13-18(16)20(3,4)5;/h1-10,12-19H;6-9,12-14H,11H2,1-5H3;/q2*-1;. The number of furan rings is 1. The van der Waals surface area contributed by atoms with Crippen molar-refractivity contribution in [3.05, 3.63) is 164 Å². The van der Waals surface area contributed by atoms with Gasteiger partial charge in [0.15, 0.2) is 0 Å². The smallest absolute Gasteiger partial charge is 0.216 e. The van der Waals surface area contributed by atoms with Crippen LogP contribution in [0.3, 0.4) is 0 Å². The first-order valence-electron chi connectivity index (χ1n) is 18.5. The first-order chi connectivity index (χ1) is 26.2. The molecular formula is C48H42IrN4OSi-2. The number of imidazole rings is 1. The van der Waals surface area contributed by atoms with E-state index in [1.807, 2.05) is 66.7 Å². The molecule has 9 aromatic rings. The van der Waals surface area contributed by atoms with Gasteiger partial charge in [0, 0.05) is 43.6 Å². The predicted octanol–water partition coefficient (Wildman–Crippen LogP) is 11.7. The van der Waals surface area contributed by atoms with E-state index in [1.54, 1.807) is 6.20 Å². The summed E-state index contributed by atoms with van der Waals surface area (Å²) in [4.78, 5) is 14.1. The first kappa shape index (κ1) is 37.8. The van der Waals surface area contributed by atoms with Gasteiger partial charge in [0.25, 0.3) is 0 Å². The summed E-state index contributed by atoms with van der Waals surface area (Å²) in [6.07, 6.45) is 4.99. The molecule has 0 fully saturated rings. The van der Waals surface area contributed by atoms with Crippen molar-refractivity contribution in [2.24, 2.45) is 5.92 Å². The van der Waals surface area contributed by atoms with Crippen molar-refractivity contribution in [2.45, 2.75) is 39.9 Å². The summed E-state index contributed by atoms with van der Waals surface area (Å²) in [7, 11) is -1.34. The summed E-state index contributed by atoms with van der Waals surface area (Å²) < 4.78 is 8.38. The van der Waals surface area contributed by atoms with Gasteiger partial charge >= 0.3 is 0 Å². The number of hydrogen-bond donors (Lipinski definition) is 0. The third-order valence-electron chi connectivity index (χ3n) is 9.64. The molecule has 4 aromatic heterocycles. The molecule has 0 saturated carbocycles. The number of rotatable bonds is 7. The molecule has 4 heterocycles. The Hall–Kier alpha value is -5.46. The second kappa shape index (κ2) is 16.1. The first-order valence-corrected chi connectivity index (χ1v) is 22.0. The van der Waals surface area contributed by atoms with E-state index in [1.165, 1.54) is 21.9 Å². The van der Waals surface area contributed by atoms with Crippen LogP contribution in [-0.2, 0) is 26.5 Å². The molecular weight excluding hydrogens is 869 g/mol. The summed E-state index contributed by atoms with van der Waals surface area (Å²) in [5.74, 6) is 1.46. The number of nitrogens with zero attached hydrogens (tertiary/aromatic N) is 4. The van der Waals surface area contributed by atoms with E-state index in [-0.39, 0.29) is 20.1 Å². The number of benzene rings is 5. The Morgan fingerprint density at radius 2 is 1.47 bits per heavy atom. The van der Waals surface area contributed by atoms with Crippen molar-refractivity contribution in [3.8, 4) is 39.5 Å². The predicted molar refractivity (Wildman–Crippen MR) is 226 cm³/mol. The quantitative estimate of drug-likeness (QED) is 0.118. The van der Waals surface area contributed by atoms with Gasteiger partial charge in [0.1, 0.15) is 0 Å². The normalized spacial score (nSPS) is 11.5.